The zero-order valence-corrected chi connectivity index (χ0v) is 13.2. The van der Waals surface area contributed by atoms with Gasteiger partial charge in [-0.1, -0.05) is 37.6 Å². The standard InChI is InChI=1S/C18H20O5/c1-3-6-13-15-12(9-14(23-13)18(21)22-2)16(19)10-7-4-5-8-11(10)17(15)20/h4-5,7-8,13-14,16,19H,3,6,9H2,1-2H3. The van der Waals surface area contributed by atoms with Crippen molar-refractivity contribution >= 4 is 11.8 Å². The average molecular weight is 316 g/mol. The van der Waals surface area contributed by atoms with Crippen LogP contribution in [0.3, 0.4) is 0 Å². The Morgan fingerprint density at radius 2 is 2.13 bits per heavy atom. The Morgan fingerprint density at radius 3 is 2.83 bits per heavy atom. The van der Waals surface area contributed by atoms with Crippen molar-refractivity contribution in [2.24, 2.45) is 0 Å². The van der Waals surface area contributed by atoms with Gasteiger partial charge in [-0.3, -0.25) is 4.79 Å². The molecule has 1 aliphatic carbocycles. The first kappa shape index (κ1) is 15.9. The van der Waals surface area contributed by atoms with E-state index >= 15 is 0 Å². The number of carbonyl (C=O) groups excluding carboxylic acids is 2. The van der Waals surface area contributed by atoms with Crippen LogP contribution in [0, 0.1) is 0 Å². The maximum atomic E-state index is 12.9. The quantitative estimate of drug-likeness (QED) is 0.867. The molecule has 0 spiro atoms. The first-order valence-corrected chi connectivity index (χ1v) is 7.86. The van der Waals surface area contributed by atoms with Crippen molar-refractivity contribution in [2.75, 3.05) is 7.11 Å². The molecule has 3 atom stereocenters. The molecule has 0 saturated carbocycles. The van der Waals surface area contributed by atoms with Gasteiger partial charge < -0.3 is 14.6 Å². The van der Waals surface area contributed by atoms with Crippen molar-refractivity contribution < 1.29 is 24.2 Å². The zero-order valence-electron chi connectivity index (χ0n) is 13.2. The lowest BCUT2D eigenvalue weighted by Gasteiger charge is -2.37. The molecule has 0 radical (unpaired) electrons. The number of fused-ring (bicyclic) bond motifs is 1. The van der Waals surface area contributed by atoms with Crippen LogP contribution < -0.4 is 0 Å². The molecule has 0 amide bonds. The second-order valence-corrected chi connectivity index (χ2v) is 5.89. The van der Waals surface area contributed by atoms with E-state index in [0.29, 0.717) is 28.7 Å². The number of methoxy groups -OCH3 is 1. The molecule has 0 fully saturated rings. The summed E-state index contributed by atoms with van der Waals surface area (Å²) in [6, 6.07) is 7.05. The molecule has 3 rings (SSSR count). The minimum absolute atomic E-state index is 0.109. The Labute approximate surface area is 134 Å². The number of carbonyl (C=O) groups is 2. The maximum Gasteiger partial charge on any atom is 0.335 e. The van der Waals surface area contributed by atoms with E-state index in [1.165, 1.54) is 7.11 Å². The Kier molecular flexibility index (Phi) is 4.33. The van der Waals surface area contributed by atoms with Gasteiger partial charge in [0.05, 0.1) is 13.2 Å². The molecule has 0 saturated heterocycles. The first-order chi connectivity index (χ1) is 11.1. The molecule has 0 aromatic heterocycles. The lowest BCUT2D eigenvalue weighted by molar-refractivity contribution is -0.158. The fraction of sp³-hybridized carbons (Fsp3) is 0.444. The molecule has 1 aliphatic heterocycles. The Balaban J connectivity index is 2.07. The summed E-state index contributed by atoms with van der Waals surface area (Å²) in [6.45, 7) is 1.99. The largest absolute Gasteiger partial charge is 0.467 e. The number of aliphatic hydroxyl groups excluding tert-OH is 1. The lowest BCUT2D eigenvalue weighted by atomic mass is 9.77. The topological polar surface area (TPSA) is 72.8 Å². The highest BCUT2D eigenvalue weighted by molar-refractivity contribution is 6.12. The third-order valence-corrected chi connectivity index (χ3v) is 4.49. The van der Waals surface area contributed by atoms with Crippen molar-refractivity contribution in [3.8, 4) is 0 Å². The van der Waals surface area contributed by atoms with Crippen LogP contribution in [-0.4, -0.2) is 36.2 Å². The van der Waals surface area contributed by atoms with Crippen LogP contribution in [0.1, 0.15) is 48.2 Å². The predicted octanol–water partition coefficient (Wildman–Crippen LogP) is 2.34. The van der Waals surface area contributed by atoms with E-state index in [-0.39, 0.29) is 12.2 Å². The number of benzene rings is 1. The minimum Gasteiger partial charge on any atom is -0.467 e. The number of hydrogen-bond acceptors (Lipinski definition) is 5. The van der Waals surface area contributed by atoms with E-state index in [1.807, 2.05) is 6.92 Å². The fourth-order valence-electron chi connectivity index (χ4n) is 3.40. The van der Waals surface area contributed by atoms with E-state index < -0.39 is 24.3 Å². The van der Waals surface area contributed by atoms with Crippen LogP contribution >= 0.6 is 0 Å². The molecule has 1 aromatic rings. The van der Waals surface area contributed by atoms with Crippen molar-refractivity contribution in [1.82, 2.24) is 0 Å². The first-order valence-electron chi connectivity index (χ1n) is 7.86. The summed E-state index contributed by atoms with van der Waals surface area (Å²) in [7, 11) is 1.31. The van der Waals surface area contributed by atoms with Gasteiger partial charge in [-0.25, -0.2) is 4.79 Å². The number of ketones is 1. The Hall–Kier alpha value is -1.98. The van der Waals surface area contributed by atoms with Gasteiger partial charge in [0, 0.05) is 17.6 Å². The van der Waals surface area contributed by atoms with Crippen LogP contribution in [0.15, 0.2) is 35.4 Å². The van der Waals surface area contributed by atoms with Gasteiger partial charge in [0.1, 0.15) is 6.10 Å². The molecule has 0 bridgehead atoms. The zero-order chi connectivity index (χ0) is 16.6. The third-order valence-electron chi connectivity index (χ3n) is 4.49. The molecule has 1 aromatic carbocycles. The smallest absolute Gasteiger partial charge is 0.335 e. The number of aliphatic hydroxyl groups is 1. The number of esters is 1. The number of Topliss-reactive ketones (excluding diaryl/α,β-unsaturated/α-hetero) is 1. The van der Waals surface area contributed by atoms with Crippen LogP contribution in [-0.2, 0) is 14.3 Å². The summed E-state index contributed by atoms with van der Waals surface area (Å²) < 4.78 is 10.6. The van der Waals surface area contributed by atoms with Gasteiger partial charge >= 0.3 is 5.97 Å². The van der Waals surface area contributed by atoms with Crippen molar-refractivity contribution in [1.29, 1.82) is 0 Å². The van der Waals surface area contributed by atoms with Crippen LogP contribution in [0.4, 0.5) is 0 Å². The molecular formula is C18H20O5. The predicted molar refractivity (Wildman–Crippen MR) is 83.0 cm³/mol. The minimum atomic E-state index is -0.880. The molecule has 5 heteroatoms. The summed E-state index contributed by atoms with van der Waals surface area (Å²) >= 11 is 0. The van der Waals surface area contributed by atoms with E-state index in [9.17, 15) is 14.7 Å². The van der Waals surface area contributed by atoms with Crippen LogP contribution in [0.2, 0.25) is 0 Å². The third kappa shape index (κ3) is 2.60. The summed E-state index contributed by atoms with van der Waals surface area (Å²) in [5, 5.41) is 10.7. The molecule has 1 N–H and O–H groups in total. The van der Waals surface area contributed by atoms with Gasteiger partial charge in [0.25, 0.3) is 0 Å². The Morgan fingerprint density at radius 1 is 1.39 bits per heavy atom. The second-order valence-electron chi connectivity index (χ2n) is 5.89. The number of ether oxygens (including phenoxy) is 2. The monoisotopic (exact) mass is 316 g/mol. The van der Waals surface area contributed by atoms with Gasteiger partial charge in [-0.2, -0.15) is 0 Å². The second kappa shape index (κ2) is 6.26. The van der Waals surface area contributed by atoms with Gasteiger partial charge in [0.15, 0.2) is 11.9 Å². The average Bonchev–Trinajstić information content (AvgIpc) is 2.58. The number of hydrogen-bond donors (Lipinski definition) is 1. The highest BCUT2D eigenvalue weighted by atomic mass is 16.6. The molecule has 1 heterocycles. The van der Waals surface area contributed by atoms with Crippen molar-refractivity contribution in [3.63, 3.8) is 0 Å². The van der Waals surface area contributed by atoms with E-state index in [1.54, 1.807) is 24.3 Å². The molecule has 2 aliphatic rings. The van der Waals surface area contributed by atoms with E-state index in [2.05, 4.69) is 0 Å². The molecular weight excluding hydrogens is 296 g/mol. The summed E-state index contributed by atoms with van der Waals surface area (Å²) in [5.41, 5.74) is 2.21. The van der Waals surface area contributed by atoms with Crippen LogP contribution in [0.5, 0.6) is 0 Å². The van der Waals surface area contributed by atoms with Crippen LogP contribution in [0.25, 0.3) is 0 Å². The number of rotatable bonds is 3. The van der Waals surface area contributed by atoms with Crippen molar-refractivity contribution in [3.05, 3.63) is 46.5 Å². The summed E-state index contributed by atoms with van der Waals surface area (Å²) in [5.74, 6) is -0.584. The fourth-order valence-corrected chi connectivity index (χ4v) is 3.40. The van der Waals surface area contributed by atoms with Crippen molar-refractivity contribution in [2.45, 2.75) is 44.5 Å². The lowest BCUT2D eigenvalue weighted by Crippen LogP contribution is -2.41. The Bertz CT molecular complexity index is 676. The molecule has 122 valence electrons. The summed E-state index contributed by atoms with van der Waals surface area (Å²) in [6.07, 6.45) is -0.530. The molecule has 3 unspecified atom stereocenters. The maximum absolute atomic E-state index is 12.9. The van der Waals surface area contributed by atoms with Gasteiger partial charge in [-0.05, 0) is 17.6 Å². The summed E-state index contributed by atoms with van der Waals surface area (Å²) in [4.78, 5) is 24.8. The van der Waals surface area contributed by atoms with E-state index in [0.717, 1.165) is 6.42 Å². The highest BCUT2D eigenvalue weighted by Gasteiger charge is 2.42. The molecule has 23 heavy (non-hydrogen) atoms. The van der Waals surface area contributed by atoms with Gasteiger partial charge in [0.2, 0.25) is 0 Å². The normalized spacial score (nSPS) is 26.6. The highest BCUT2D eigenvalue weighted by Crippen LogP contribution is 2.42. The molecule has 5 nitrogen and oxygen atoms in total. The van der Waals surface area contributed by atoms with Gasteiger partial charge in [-0.15, -0.1) is 0 Å². The SMILES string of the molecule is CCCC1OC(C(=O)OC)CC2=C1C(=O)c1ccccc1C2O. The van der Waals surface area contributed by atoms with E-state index in [4.69, 9.17) is 9.47 Å².